The molecule has 1 fully saturated rings. The van der Waals surface area contributed by atoms with Gasteiger partial charge in [0.15, 0.2) is 0 Å². The predicted octanol–water partition coefficient (Wildman–Crippen LogP) is 3.13. The van der Waals surface area contributed by atoms with Gasteiger partial charge >= 0.3 is 7.12 Å². The Bertz CT molecular complexity index is 582. The molecule has 0 unspecified atom stereocenters. The predicted molar refractivity (Wildman–Crippen MR) is 96.8 cm³/mol. The molecular formula is C17H25BO4S. The molecule has 1 aliphatic heterocycles. The fourth-order valence-corrected chi connectivity index (χ4v) is 2.62. The molecule has 0 amide bonds. The Kier molecular flexibility index (Phi) is 5.51. The Morgan fingerprint density at radius 2 is 1.87 bits per heavy atom. The van der Waals surface area contributed by atoms with E-state index in [1.165, 1.54) is 0 Å². The average Bonchev–Trinajstić information content (AvgIpc) is 2.72. The van der Waals surface area contributed by atoms with E-state index < -0.39 is 7.12 Å². The number of benzene rings is 1. The molecular weight excluding hydrogens is 311 g/mol. The van der Waals surface area contributed by atoms with Crippen molar-refractivity contribution in [2.45, 2.75) is 45.5 Å². The number of methoxy groups -OCH3 is 1. The molecule has 1 aliphatic rings. The second-order valence-corrected chi connectivity index (χ2v) is 7.01. The first-order valence-electron chi connectivity index (χ1n) is 7.69. The lowest BCUT2D eigenvalue weighted by Gasteiger charge is -2.32. The van der Waals surface area contributed by atoms with Gasteiger partial charge in [0.05, 0.1) is 24.9 Å². The molecule has 4 nitrogen and oxygen atoms in total. The van der Waals surface area contributed by atoms with Crippen molar-refractivity contribution >= 4 is 25.8 Å². The maximum atomic E-state index is 9.31. The zero-order valence-electron chi connectivity index (χ0n) is 14.4. The van der Waals surface area contributed by atoms with Crippen molar-refractivity contribution in [1.82, 2.24) is 0 Å². The topological polar surface area (TPSA) is 47.9 Å². The van der Waals surface area contributed by atoms with Crippen LogP contribution in [0.3, 0.4) is 0 Å². The summed E-state index contributed by atoms with van der Waals surface area (Å²) in [5, 5.41) is 9.31. The zero-order valence-corrected chi connectivity index (χ0v) is 15.3. The Hall–Kier alpha value is -0.945. The maximum Gasteiger partial charge on any atom is 0.491 e. The average molecular weight is 336 g/mol. The Morgan fingerprint density at radius 1 is 1.26 bits per heavy atom. The highest BCUT2D eigenvalue weighted by Gasteiger charge is 2.52. The van der Waals surface area contributed by atoms with Crippen LogP contribution in [0.25, 0.3) is 6.08 Å². The minimum Gasteiger partial charge on any atom is -0.496 e. The molecule has 1 heterocycles. The normalized spacial score (nSPS) is 20.0. The summed E-state index contributed by atoms with van der Waals surface area (Å²) in [4.78, 5) is 0. The molecule has 0 radical (unpaired) electrons. The lowest BCUT2D eigenvalue weighted by molar-refractivity contribution is 0.00578. The molecule has 1 N–H and O–H groups in total. The molecule has 126 valence electrons. The summed E-state index contributed by atoms with van der Waals surface area (Å²) in [6.45, 7) is 8.07. The highest BCUT2D eigenvalue weighted by atomic mass is 32.1. The van der Waals surface area contributed by atoms with Crippen LogP contribution < -0.4 is 4.74 Å². The molecule has 1 saturated heterocycles. The fourth-order valence-electron chi connectivity index (χ4n) is 2.38. The molecule has 0 spiro atoms. The second kappa shape index (κ2) is 6.89. The highest BCUT2D eigenvalue weighted by Crippen LogP contribution is 2.39. The third-order valence-electron chi connectivity index (χ3n) is 4.57. The van der Waals surface area contributed by atoms with Gasteiger partial charge in [-0.2, -0.15) is 12.6 Å². The van der Waals surface area contributed by atoms with E-state index in [1.807, 2.05) is 52.0 Å². The van der Waals surface area contributed by atoms with E-state index >= 15 is 0 Å². The van der Waals surface area contributed by atoms with Crippen LogP contribution in [0.4, 0.5) is 0 Å². The van der Waals surface area contributed by atoms with Crippen LogP contribution in [0.5, 0.6) is 5.75 Å². The lowest BCUT2D eigenvalue weighted by atomic mass is 9.78. The van der Waals surface area contributed by atoms with E-state index in [9.17, 15) is 5.11 Å². The number of thiol groups is 1. The van der Waals surface area contributed by atoms with Crippen LogP contribution in [-0.4, -0.2) is 36.3 Å². The van der Waals surface area contributed by atoms with Crippen LogP contribution in [-0.2, 0) is 15.9 Å². The first-order valence-corrected chi connectivity index (χ1v) is 8.32. The molecule has 0 bridgehead atoms. The van der Waals surface area contributed by atoms with E-state index in [1.54, 1.807) is 7.11 Å². The Labute approximate surface area is 144 Å². The van der Waals surface area contributed by atoms with Crippen molar-refractivity contribution in [3.63, 3.8) is 0 Å². The Balaban J connectivity index is 2.30. The van der Waals surface area contributed by atoms with Gasteiger partial charge in [-0.25, -0.2) is 0 Å². The molecule has 2 rings (SSSR count). The van der Waals surface area contributed by atoms with E-state index in [2.05, 4.69) is 12.6 Å². The summed E-state index contributed by atoms with van der Waals surface area (Å²) in [7, 11) is 1.18. The number of rotatable bonds is 5. The molecule has 0 saturated carbocycles. The number of ether oxygens (including phenoxy) is 1. The second-order valence-electron chi connectivity index (χ2n) is 6.70. The van der Waals surface area contributed by atoms with Gasteiger partial charge in [-0.15, -0.1) is 0 Å². The summed E-state index contributed by atoms with van der Waals surface area (Å²) < 4.78 is 17.5. The van der Waals surface area contributed by atoms with Crippen LogP contribution in [0.1, 0.15) is 38.8 Å². The standard InChI is InChI=1S/C17H25BO4S/c1-16(2)17(3,4)22-18(21-16)14(11-23)8-12-6-7-13(10-19)15(9-12)20-5/h6-9,19,23H,10-11H2,1-5H3. The molecule has 6 heteroatoms. The molecule has 23 heavy (non-hydrogen) atoms. The zero-order chi connectivity index (χ0) is 17.3. The van der Waals surface area contributed by atoms with Crippen LogP contribution >= 0.6 is 12.6 Å². The van der Waals surface area contributed by atoms with E-state index in [0.29, 0.717) is 11.5 Å². The van der Waals surface area contributed by atoms with Crippen molar-refractivity contribution in [1.29, 1.82) is 0 Å². The summed E-state index contributed by atoms with van der Waals surface area (Å²) in [6, 6.07) is 5.67. The first-order chi connectivity index (χ1) is 10.7. The van der Waals surface area contributed by atoms with Gasteiger partial charge in [0.2, 0.25) is 0 Å². The van der Waals surface area contributed by atoms with Gasteiger partial charge in [-0.1, -0.05) is 18.2 Å². The van der Waals surface area contributed by atoms with Gasteiger partial charge in [0.25, 0.3) is 0 Å². The van der Waals surface area contributed by atoms with Crippen molar-refractivity contribution < 1.29 is 19.2 Å². The molecule has 1 aromatic rings. The largest absolute Gasteiger partial charge is 0.496 e. The van der Waals surface area contributed by atoms with E-state index in [-0.39, 0.29) is 17.8 Å². The fraction of sp³-hybridized carbons (Fsp3) is 0.529. The van der Waals surface area contributed by atoms with Crippen molar-refractivity contribution in [3.8, 4) is 5.75 Å². The lowest BCUT2D eigenvalue weighted by Crippen LogP contribution is -2.41. The summed E-state index contributed by atoms with van der Waals surface area (Å²) in [5.41, 5.74) is 1.91. The molecule has 0 aliphatic carbocycles. The number of aliphatic hydroxyl groups excluding tert-OH is 1. The molecule has 0 aromatic heterocycles. The minimum atomic E-state index is -0.416. The van der Waals surface area contributed by atoms with Crippen LogP contribution in [0, 0.1) is 0 Å². The third-order valence-corrected chi connectivity index (χ3v) is 4.94. The number of hydrogen-bond acceptors (Lipinski definition) is 5. The third kappa shape index (κ3) is 3.77. The monoisotopic (exact) mass is 336 g/mol. The van der Waals surface area contributed by atoms with E-state index in [0.717, 1.165) is 16.6 Å². The van der Waals surface area contributed by atoms with Crippen molar-refractivity contribution in [2.75, 3.05) is 12.9 Å². The smallest absolute Gasteiger partial charge is 0.491 e. The van der Waals surface area contributed by atoms with Gasteiger partial charge < -0.3 is 19.2 Å². The van der Waals surface area contributed by atoms with Crippen molar-refractivity contribution in [3.05, 3.63) is 34.8 Å². The van der Waals surface area contributed by atoms with E-state index in [4.69, 9.17) is 14.0 Å². The van der Waals surface area contributed by atoms with Crippen molar-refractivity contribution in [2.24, 2.45) is 0 Å². The SMILES string of the molecule is COc1cc(C=C(CS)B2OC(C)(C)C(C)(C)O2)ccc1CO. The Morgan fingerprint density at radius 3 is 2.35 bits per heavy atom. The van der Waals surface area contributed by atoms with Gasteiger partial charge in [0.1, 0.15) is 5.75 Å². The van der Waals surface area contributed by atoms with Crippen LogP contribution in [0.15, 0.2) is 23.7 Å². The van der Waals surface area contributed by atoms with Crippen LogP contribution in [0.2, 0.25) is 0 Å². The number of hydrogen-bond donors (Lipinski definition) is 2. The summed E-state index contributed by atoms with van der Waals surface area (Å²) in [5.74, 6) is 1.19. The first kappa shape index (κ1) is 18.4. The molecule has 0 atom stereocenters. The maximum absolute atomic E-state index is 9.31. The minimum absolute atomic E-state index is 0.0518. The highest BCUT2D eigenvalue weighted by molar-refractivity contribution is 7.80. The summed E-state index contributed by atoms with van der Waals surface area (Å²) >= 11 is 4.42. The van der Waals surface area contributed by atoms with Gasteiger partial charge in [0, 0.05) is 11.3 Å². The van der Waals surface area contributed by atoms with Gasteiger partial charge in [-0.3, -0.25) is 0 Å². The number of aliphatic hydroxyl groups is 1. The molecule has 1 aromatic carbocycles. The summed E-state index contributed by atoms with van der Waals surface area (Å²) in [6.07, 6.45) is 2.00. The van der Waals surface area contributed by atoms with Gasteiger partial charge in [-0.05, 0) is 44.8 Å². The quantitative estimate of drug-likeness (QED) is 0.641.